The fourth-order valence-corrected chi connectivity index (χ4v) is 1.94. The first-order valence-electron chi connectivity index (χ1n) is 6.13. The Morgan fingerprint density at radius 1 is 1.56 bits per heavy atom. The Labute approximate surface area is 112 Å². The van der Waals surface area contributed by atoms with Crippen LogP contribution in [0.15, 0.2) is 11.0 Å². The topological polar surface area (TPSA) is 67.2 Å². The molecule has 1 rings (SSSR count). The van der Waals surface area contributed by atoms with Crippen LogP contribution in [-0.2, 0) is 6.54 Å². The van der Waals surface area contributed by atoms with Gasteiger partial charge in [0.15, 0.2) is 0 Å². The SMILES string of the molecule is CCCC(C)(O)CNc1cnn(CC)c(=O)c1Cl. The Bertz CT molecular complexity index is 457. The van der Waals surface area contributed by atoms with Crippen molar-refractivity contribution in [3.63, 3.8) is 0 Å². The van der Waals surface area contributed by atoms with Gasteiger partial charge in [-0.2, -0.15) is 5.10 Å². The Morgan fingerprint density at radius 2 is 2.22 bits per heavy atom. The van der Waals surface area contributed by atoms with Gasteiger partial charge in [-0.15, -0.1) is 0 Å². The Morgan fingerprint density at radius 3 is 2.78 bits per heavy atom. The van der Waals surface area contributed by atoms with E-state index in [2.05, 4.69) is 10.4 Å². The quantitative estimate of drug-likeness (QED) is 0.830. The molecule has 0 amide bonds. The van der Waals surface area contributed by atoms with Crippen molar-refractivity contribution in [2.45, 2.75) is 45.8 Å². The predicted octanol–water partition coefficient (Wildman–Crippen LogP) is 1.88. The number of aliphatic hydroxyl groups is 1. The van der Waals surface area contributed by atoms with Crippen molar-refractivity contribution in [2.24, 2.45) is 0 Å². The predicted molar refractivity (Wildman–Crippen MR) is 73.2 cm³/mol. The molecule has 102 valence electrons. The van der Waals surface area contributed by atoms with Crippen LogP contribution >= 0.6 is 11.6 Å². The molecule has 0 saturated carbocycles. The number of anilines is 1. The van der Waals surface area contributed by atoms with E-state index in [1.165, 1.54) is 10.9 Å². The number of hydrogen-bond acceptors (Lipinski definition) is 4. The summed E-state index contributed by atoms with van der Waals surface area (Å²) < 4.78 is 1.29. The van der Waals surface area contributed by atoms with Crippen molar-refractivity contribution in [1.29, 1.82) is 0 Å². The second-order valence-corrected chi connectivity index (χ2v) is 4.97. The fourth-order valence-electron chi connectivity index (χ4n) is 1.73. The summed E-state index contributed by atoms with van der Waals surface area (Å²) in [6.07, 6.45) is 3.07. The van der Waals surface area contributed by atoms with Crippen LogP contribution in [0, 0.1) is 0 Å². The molecule has 2 N–H and O–H groups in total. The maximum atomic E-state index is 11.7. The number of aryl methyl sites for hydroxylation is 1. The first-order chi connectivity index (χ1) is 8.41. The first-order valence-corrected chi connectivity index (χ1v) is 6.51. The molecule has 1 aromatic heterocycles. The summed E-state index contributed by atoms with van der Waals surface area (Å²) in [5.74, 6) is 0. The van der Waals surface area contributed by atoms with Gasteiger partial charge in [0.2, 0.25) is 0 Å². The van der Waals surface area contributed by atoms with Gasteiger partial charge in [0, 0.05) is 13.1 Å². The molecule has 0 bridgehead atoms. The van der Waals surface area contributed by atoms with Crippen LogP contribution in [0.25, 0.3) is 0 Å². The summed E-state index contributed by atoms with van der Waals surface area (Å²) in [5.41, 5.74) is -0.681. The average Bonchev–Trinajstić information content (AvgIpc) is 2.31. The Balaban J connectivity index is 2.81. The summed E-state index contributed by atoms with van der Waals surface area (Å²) in [4.78, 5) is 11.7. The number of rotatable bonds is 6. The molecule has 0 radical (unpaired) electrons. The van der Waals surface area contributed by atoms with E-state index in [9.17, 15) is 9.90 Å². The molecule has 0 aliphatic heterocycles. The van der Waals surface area contributed by atoms with Gasteiger partial charge in [0.1, 0.15) is 5.02 Å². The van der Waals surface area contributed by atoms with Crippen molar-refractivity contribution in [3.05, 3.63) is 21.6 Å². The number of nitrogens with zero attached hydrogens (tertiary/aromatic N) is 2. The third kappa shape index (κ3) is 3.71. The van der Waals surface area contributed by atoms with Crippen LogP contribution < -0.4 is 10.9 Å². The summed E-state index contributed by atoms with van der Waals surface area (Å²) in [6, 6.07) is 0. The van der Waals surface area contributed by atoms with E-state index in [4.69, 9.17) is 11.6 Å². The van der Waals surface area contributed by atoms with Gasteiger partial charge in [0.25, 0.3) is 5.56 Å². The van der Waals surface area contributed by atoms with E-state index < -0.39 is 5.60 Å². The van der Waals surface area contributed by atoms with Gasteiger partial charge in [-0.1, -0.05) is 24.9 Å². The maximum absolute atomic E-state index is 11.7. The van der Waals surface area contributed by atoms with Crippen molar-refractivity contribution < 1.29 is 5.11 Å². The normalized spacial score (nSPS) is 14.3. The van der Waals surface area contributed by atoms with Gasteiger partial charge in [-0.05, 0) is 20.3 Å². The summed E-state index contributed by atoms with van der Waals surface area (Å²) in [7, 11) is 0. The molecule has 0 aliphatic rings. The van der Waals surface area contributed by atoms with Gasteiger partial charge in [0.05, 0.1) is 17.5 Å². The molecule has 6 heteroatoms. The monoisotopic (exact) mass is 273 g/mol. The maximum Gasteiger partial charge on any atom is 0.287 e. The molecule has 1 atom stereocenters. The van der Waals surface area contributed by atoms with Crippen LogP contribution in [0.4, 0.5) is 5.69 Å². The van der Waals surface area contributed by atoms with Crippen LogP contribution in [0.3, 0.4) is 0 Å². The van der Waals surface area contributed by atoms with E-state index >= 15 is 0 Å². The smallest absolute Gasteiger partial charge is 0.287 e. The number of halogens is 1. The zero-order valence-corrected chi connectivity index (χ0v) is 11.8. The number of aromatic nitrogens is 2. The Hall–Kier alpha value is -1.07. The van der Waals surface area contributed by atoms with Crippen molar-refractivity contribution >= 4 is 17.3 Å². The lowest BCUT2D eigenvalue weighted by Crippen LogP contribution is -2.34. The highest BCUT2D eigenvalue weighted by molar-refractivity contribution is 6.32. The summed E-state index contributed by atoms with van der Waals surface area (Å²) in [5, 5.41) is 17.1. The van der Waals surface area contributed by atoms with E-state index in [1.807, 2.05) is 13.8 Å². The minimum atomic E-state index is -0.822. The fraction of sp³-hybridized carbons (Fsp3) is 0.667. The molecule has 0 saturated heterocycles. The second kappa shape index (κ2) is 6.20. The molecule has 0 fully saturated rings. The molecule has 1 unspecified atom stereocenters. The van der Waals surface area contributed by atoms with Crippen molar-refractivity contribution in [1.82, 2.24) is 9.78 Å². The summed E-state index contributed by atoms with van der Waals surface area (Å²) >= 11 is 5.97. The lowest BCUT2D eigenvalue weighted by molar-refractivity contribution is 0.0637. The summed E-state index contributed by atoms with van der Waals surface area (Å²) in [6.45, 7) is 6.39. The molecule has 1 aromatic rings. The van der Waals surface area contributed by atoms with E-state index in [0.29, 0.717) is 25.2 Å². The van der Waals surface area contributed by atoms with Crippen LogP contribution in [0.1, 0.15) is 33.6 Å². The molecule has 5 nitrogen and oxygen atoms in total. The number of nitrogens with one attached hydrogen (secondary N) is 1. The third-order valence-corrected chi connectivity index (χ3v) is 3.10. The van der Waals surface area contributed by atoms with Gasteiger partial charge in [-0.3, -0.25) is 4.79 Å². The van der Waals surface area contributed by atoms with E-state index in [1.54, 1.807) is 6.92 Å². The largest absolute Gasteiger partial charge is 0.388 e. The third-order valence-electron chi connectivity index (χ3n) is 2.73. The lowest BCUT2D eigenvalue weighted by atomic mass is 10.0. The molecule has 0 spiro atoms. The standard InChI is InChI=1S/C12H20ClN3O2/c1-4-6-12(3,18)8-14-9-7-15-16(5-2)11(17)10(9)13/h7,14,18H,4-6,8H2,1-3H3. The van der Waals surface area contributed by atoms with Crippen molar-refractivity contribution in [3.8, 4) is 0 Å². The number of hydrogen-bond donors (Lipinski definition) is 2. The minimum absolute atomic E-state index is 0.110. The molecular formula is C12H20ClN3O2. The van der Waals surface area contributed by atoms with Crippen LogP contribution in [-0.4, -0.2) is 27.0 Å². The first kappa shape index (κ1) is 15.0. The second-order valence-electron chi connectivity index (χ2n) is 4.59. The highest BCUT2D eigenvalue weighted by atomic mass is 35.5. The highest BCUT2D eigenvalue weighted by Crippen LogP contribution is 2.18. The van der Waals surface area contributed by atoms with E-state index in [-0.39, 0.29) is 10.6 Å². The van der Waals surface area contributed by atoms with Crippen LogP contribution in [0.5, 0.6) is 0 Å². The minimum Gasteiger partial charge on any atom is -0.388 e. The van der Waals surface area contributed by atoms with Crippen molar-refractivity contribution in [2.75, 3.05) is 11.9 Å². The Kier molecular flexibility index (Phi) is 5.16. The van der Waals surface area contributed by atoms with Crippen LogP contribution in [0.2, 0.25) is 5.02 Å². The average molecular weight is 274 g/mol. The zero-order valence-electron chi connectivity index (χ0n) is 11.0. The van der Waals surface area contributed by atoms with Gasteiger partial charge in [-0.25, -0.2) is 4.68 Å². The molecule has 0 aliphatic carbocycles. The molecule has 18 heavy (non-hydrogen) atoms. The van der Waals surface area contributed by atoms with Gasteiger partial charge >= 0.3 is 0 Å². The molecular weight excluding hydrogens is 254 g/mol. The molecule has 1 heterocycles. The highest BCUT2D eigenvalue weighted by Gasteiger charge is 2.19. The van der Waals surface area contributed by atoms with Gasteiger partial charge < -0.3 is 10.4 Å². The molecule has 0 aromatic carbocycles. The zero-order chi connectivity index (χ0) is 13.8. The van der Waals surface area contributed by atoms with E-state index in [0.717, 1.165) is 6.42 Å². The lowest BCUT2D eigenvalue weighted by Gasteiger charge is -2.23.